The van der Waals surface area contributed by atoms with E-state index in [2.05, 4.69) is 6.58 Å². The molecule has 0 bridgehead atoms. The highest BCUT2D eigenvalue weighted by Crippen LogP contribution is 2.36. The molecule has 3 nitrogen and oxygen atoms in total. The molecule has 0 radical (unpaired) electrons. The Bertz CT molecular complexity index is 588. The van der Waals surface area contributed by atoms with Gasteiger partial charge in [-0.15, -0.1) is 6.58 Å². The summed E-state index contributed by atoms with van der Waals surface area (Å²) in [5, 5.41) is 2.03. The van der Waals surface area contributed by atoms with E-state index in [1.165, 1.54) is 6.92 Å². The molecule has 6 heteroatoms. The van der Waals surface area contributed by atoms with Gasteiger partial charge in [-0.1, -0.05) is 50.3 Å². The van der Waals surface area contributed by atoms with Crippen LogP contribution in [0.1, 0.15) is 52.2 Å². The number of alkyl halides is 3. The zero-order valence-electron chi connectivity index (χ0n) is 15.8. The zero-order chi connectivity index (χ0) is 20.0. The number of ether oxygens (including phenoxy) is 1. The number of nitrogens with one attached hydrogen (secondary N) is 1. The molecule has 0 fully saturated rings. The molecule has 146 valence electrons. The Morgan fingerprint density at radius 2 is 1.85 bits per heavy atom. The van der Waals surface area contributed by atoms with E-state index in [0.29, 0.717) is 12.0 Å². The van der Waals surface area contributed by atoms with E-state index in [1.807, 2.05) is 38.2 Å². The maximum absolute atomic E-state index is 12.7. The molecular weight excluding hydrogens is 343 g/mol. The Morgan fingerprint density at radius 1 is 1.27 bits per heavy atom. The molecule has 1 aromatic rings. The van der Waals surface area contributed by atoms with Gasteiger partial charge in [0, 0.05) is 5.92 Å². The summed E-state index contributed by atoms with van der Waals surface area (Å²) >= 11 is 0. The maximum Gasteiger partial charge on any atom is 0.471 e. The summed E-state index contributed by atoms with van der Waals surface area (Å²) in [6.45, 7) is 11.3. The summed E-state index contributed by atoms with van der Waals surface area (Å²) in [6, 6.07) is 8.10. The van der Waals surface area contributed by atoms with Gasteiger partial charge in [0.25, 0.3) is 0 Å². The highest BCUT2D eigenvalue weighted by Gasteiger charge is 2.42. The van der Waals surface area contributed by atoms with E-state index in [0.717, 1.165) is 6.42 Å². The van der Waals surface area contributed by atoms with E-state index < -0.39 is 29.8 Å². The molecule has 1 amide bonds. The van der Waals surface area contributed by atoms with Crippen LogP contribution in [0.15, 0.2) is 43.0 Å². The van der Waals surface area contributed by atoms with Crippen molar-refractivity contribution < 1.29 is 22.7 Å². The smallest absolute Gasteiger partial charge is 0.365 e. The fourth-order valence-corrected chi connectivity index (χ4v) is 3.04. The second-order valence-corrected chi connectivity index (χ2v) is 6.63. The topological polar surface area (TPSA) is 38.3 Å². The summed E-state index contributed by atoms with van der Waals surface area (Å²) < 4.78 is 44.3. The van der Waals surface area contributed by atoms with Crippen LogP contribution >= 0.6 is 0 Å². The van der Waals surface area contributed by atoms with E-state index >= 15 is 0 Å². The Balaban J connectivity index is 3.17. The number of rotatable bonds is 9. The molecule has 26 heavy (non-hydrogen) atoms. The van der Waals surface area contributed by atoms with Crippen LogP contribution in [0.2, 0.25) is 0 Å². The molecule has 1 aromatic carbocycles. The van der Waals surface area contributed by atoms with Crippen molar-refractivity contribution in [3.8, 4) is 0 Å². The normalized spacial score (nSPS) is 17.7. The van der Waals surface area contributed by atoms with Gasteiger partial charge in [0.15, 0.2) is 0 Å². The SMILES string of the molecule is C=C[C@H](CC)[C@@](C)(CC)O[C@@H](c1ccccc1)[C@H](C)NC(=O)C(F)(F)F. The van der Waals surface area contributed by atoms with E-state index in [4.69, 9.17) is 4.74 Å². The van der Waals surface area contributed by atoms with Crippen molar-refractivity contribution in [3.05, 3.63) is 48.6 Å². The quantitative estimate of drug-likeness (QED) is 0.607. The monoisotopic (exact) mass is 371 g/mol. The predicted molar refractivity (Wildman–Crippen MR) is 96.6 cm³/mol. The Kier molecular flexibility index (Phi) is 7.87. The lowest BCUT2D eigenvalue weighted by Crippen LogP contribution is -2.47. The van der Waals surface area contributed by atoms with Gasteiger partial charge >= 0.3 is 12.1 Å². The third-order valence-electron chi connectivity index (χ3n) is 4.81. The van der Waals surface area contributed by atoms with Gasteiger partial charge in [-0.3, -0.25) is 4.79 Å². The average molecular weight is 371 g/mol. The van der Waals surface area contributed by atoms with Crippen molar-refractivity contribution in [3.63, 3.8) is 0 Å². The molecule has 4 atom stereocenters. The van der Waals surface area contributed by atoms with Crippen LogP contribution in [0.4, 0.5) is 13.2 Å². The van der Waals surface area contributed by atoms with E-state index in [9.17, 15) is 18.0 Å². The summed E-state index contributed by atoms with van der Waals surface area (Å²) in [5.74, 6) is -1.94. The molecule has 0 aliphatic heterocycles. The molecule has 1 rings (SSSR count). The number of amides is 1. The van der Waals surface area contributed by atoms with Crippen LogP contribution < -0.4 is 5.32 Å². The summed E-state index contributed by atoms with van der Waals surface area (Å²) in [4.78, 5) is 11.4. The van der Waals surface area contributed by atoms with Gasteiger partial charge in [0.2, 0.25) is 0 Å². The first-order chi connectivity index (χ1) is 12.1. The maximum atomic E-state index is 12.7. The summed E-state index contributed by atoms with van der Waals surface area (Å²) in [6.07, 6.45) is -2.40. The predicted octanol–water partition coefficient (Wildman–Crippen LogP) is 5.19. The second kappa shape index (κ2) is 9.21. The Labute approximate surface area is 153 Å². The standard InChI is InChI=1S/C20H28F3NO2/c1-6-16(7-2)19(5,8-3)26-17(15-12-10-9-11-13-15)14(4)24-18(25)20(21,22)23/h6,9-14,16-17H,1,7-8H2,2-5H3,(H,24,25)/t14-,16+,17+,19+/m0/s1. The van der Waals surface area contributed by atoms with Crippen LogP contribution in [-0.2, 0) is 9.53 Å². The second-order valence-electron chi connectivity index (χ2n) is 6.63. The molecule has 0 spiro atoms. The van der Waals surface area contributed by atoms with Gasteiger partial charge in [-0.2, -0.15) is 13.2 Å². The highest BCUT2D eigenvalue weighted by molar-refractivity contribution is 5.82. The minimum absolute atomic E-state index is 0.0317. The number of hydrogen-bond acceptors (Lipinski definition) is 2. The van der Waals surface area contributed by atoms with Crippen LogP contribution in [-0.4, -0.2) is 23.7 Å². The van der Waals surface area contributed by atoms with Crippen molar-refractivity contribution in [2.45, 2.75) is 64.5 Å². The number of benzene rings is 1. The first-order valence-electron chi connectivity index (χ1n) is 8.82. The van der Waals surface area contributed by atoms with Crippen molar-refractivity contribution in [1.29, 1.82) is 0 Å². The third kappa shape index (κ3) is 5.59. The molecule has 1 N–H and O–H groups in total. The number of halogens is 3. The molecule has 0 aliphatic rings. The average Bonchev–Trinajstić information content (AvgIpc) is 2.60. The molecule has 0 aliphatic carbocycles. The molecule has 0 saturated carbocycles. The fraction of sp³-hybridized carbons (Fsp3) is 0.550. The van der Waals surface area contributed by atoms with Gasteiger partial charge < -0.3 is 10.1 Å². The number of carbonyl (C=O) groups excluding carboxylic acids is 1. The molecule has 0 unspecified atom stereocenters. The van der Waals surface area contributed by atoms with Crippen molar-refractivity contribution in [2.75, 3.05) is 0 Å². The lowest BCUT2D eigenvalue weighted by atomic mass is 9.84. The van der Waals surface area contributed by atoms with E-state index in [-0.39, 0.29) is 5.92 Å². The molecule has 0 heterocycles. The van der Waals surface area contributed by atoms with E-state index in [1.54, 1.807) is 24.3 Å². The van der Waals surface area contributed by atoms with Gasteiger partial charge in [-0.25, -0.2) is 0 Å². The van der Waals surface area contributed by atoms with Gasteiger partial charge in [0.1, 0.15) is 6.10 Å². The van der Waals surface area contributed by atoms with Crippen molar-refractivity contribution in [1.82, 2.24) is 5.32 Å². The largest absolute Gasteiger partial charge is 0.471 e. The summed E-state index contributed by atoms with van der Waals surface area (Å²) in [5.41, 5.74) is 0.0925. The minimum atomic E-state index is -4.93. The third-order valence-corrected chi connectivity index (χ3v) is 4.81. The van der Waals surface area contributed by atoms with Crippen LogP contribution in [0.25, 0.3) is 0 Å². The van der Waals surface area contributed by atoms with Crippen LogP contribution in [0.3, 0.4) is 0 Å². The molecular formula is C20H28F3NO2. The zero-order valence-corrected chi connectivity index (χ0v) is 15.8. The minimum Gasteiger partial charge on any atom is -0.365 e. The van der Waals surface area contributed by atoms with Crippen LogP contribution in [0.5, 0.6) is 0 Å². The number of hydrogen-bond donors (Lipinski definition) is 1. The van der Waals surface area contributed by atoms with Crippen molar-refractivity contribution in [2.24, 2.45) is 5.92 Å². The first-order valence-corrected chi connectivity index (χ1v) is 8.82. The lowest BCUT2D eigenvalue weighted by molar-refractivity contribution is -0.177. The van der Waals surface area contributed by atoms with Gasteiger partial charge in [-0.05, 0) is 32.3 Å². The number of carbonyl (C=O) groups is 1. The molecule has 0 aromatic heterocycles. The van der Waals surface area contributed by atoms with Crippen LogP contribution in [0, 0.1) is 5.92 Å². The van der Waals surface area contributed by atoms with Crippen molar-refractivity contribution >= 4 is 5.91 Å². The van der Waals surface area contributed by atoms with Gasteiger partial charge in [0.05, 0.1) is 11.6 Å². The molecule has 0 saturated heterocycles. The lowest BCUT2D eigenvalue weighted by Gasteiger charge is -2.40. The fourth-order valence-electron chi connectivity index (χ4n) is 3.04. The highest BCUT2D eigenvalue weighted by atomic mass is 19.4. The Hall–Kier alpha value is -1.82. The Morgan fingerprint density at radius 3 is 2.27 bits per heavy atom. The first kappa shape index (κ1) is 22.2. The summed E-state index contributed by atoms with van der Waals surface area (Å²) in [7, 11) is 0.